The molecule has 0 heterocycles. The first-order valence-corrected chi connectivity index (χ1v) is 6.19. The van der Waals surface area contributed by atoms with Gasteiger partial charge < -0.3 is 9.47 Å². The Morgan fingerprint density at radius 2 is 1.80 bits per heavy atom. The second-order valence-corrected chi connectivity index (χ2v) is 3.74. The zero-order chi connectivity index (χ0) is 11.4. The van der Waals surface area contributed by atoms with Gasteiger partial charge in [-0.05, 0) is 19.8 Å². The average molecular weight is 214 g/mol. The van der Waals surface area contributed by atoms with Crippen molar-refractivity contribution in [3.8, 4) is 0 Å². The molecule has 0 spiro atoms. The van der Waals surface area contributed by atoms with Crippen LogP contribution in [-0.2, 0) is 9.47 Å². The quantitative estimate of drug-likeness (QED) is 0.312. The molecule has 0 saturated heterocycles. The van der Waals surface area contributed by atoms with Gasteiger partial charge in [-0.2, -0.15) is 0 Å². The topological polar surface area (TPSA) is 18.5 Å². The summed E-state index contributed by atoms with van der Waals surface area (Å²) in [4.78, 5) is 0. The summed E-state index contributed by atoms with van der Waals surface area (Å²) in [5.74, 6) is 0. The van der Waals surface area contributed by atoms with Crippen molar-refractivity contribution in [1.29, 1.82) is 0 Å². The Balaban J connectivity index is 3.21. The third-order valence-electron chi connectivity index (χ3n) is 2.15. The first-order chi connectivity index (χ1) is 7.31. The molecule has 0 radical (unpaired) electrons. The van der Waals surface area contributed by atoms with Gasteiger partial charge in [0.15, 0.2) is 6.29 Å². The van der Waals surface area contributed by atoms with Gasteiger partial charge in [0, 0.05) is 6.61 Å². The van der Waals surface area contributed by atoms with Gasteiger partial charge in [-0.15, -0.1) is 0 Å². The largest absolute Gasteiger partial charge is 0.353 e. The lowest BCUT2D eigenvalue weighted by Gasteiger charge is -2.12. The highest BCUT2D eigenvalue weighted by Gasteiger charge is 1.99. The van der Waals surface area contributed by atoms with Crippen LogP contribution in [0.1, 0.15) is 52.9 Å². The summed E-state index contributed by atoms with van der Waals surface area (Å²) in [6.45, 7) is 7.80. The number of unbranched alkanes of at least 4 members (excludes halogenated alkanes) is 3. The first-order valence-electron chi connectivity index (χ1n) is 6.19. The lowest BCUT2D eigenvalue weighted by atomic mass is 10.3. The summed E-state index contributed by atoms with van der Waals surface area (Å²) >= 11 is 0. The highest BCUT2D eigenvalue weighted by Crippen LogP contribution is 1.99. The summed E-state index contributed by atoms with van der Waals surface area (Å²) in [5.41, 5.74) is 0. The van der Waals surface area contributed by atoms with E-state index in [1.165, 1.54) is 19.3 Å². The lowest BCUT2D eigenvalue weighted by molar-refractivity contribution is -0.123. The van der Waals surface area contributed by atoms with E-state index in [-0.39, 0.29) is 6.29 Å². The molecular weight excluding hydrogens is 188 g/mol. The van der Waals surface area contributed by atoms with Crippen molar-refractivity contribution >= 4 is 0 Å². The minimum Gasteiger partial charge on any atom is -0.353 e. The Bertz CT molecular complexity index is 143. The average Bonchev–Trinajstić information content (AvgIpc) is 2.24. The van der Waals surface area contributed by atoms with Crippen molar-refractivity contribution in [2.24, 2.45) is 0 Å². The van der Waals surface area contributed by atoms with Gasteiger partial charge in [0.25, 0.3) is 0 Å². The van der Waals surface area contributed by atoms with Crippen LogP contribution in [0.4, 0.5) is 0 Å². The minimum atomic E-state index is -0.0758. The van der Waals surface area contributed by atoms with Gasteiger partial charge >= 0.3 is 0 Å². The highest BCUT2D eigenvalue weighted by atomic mass is 16.7. The van der Waals surface area contributed by atoms with E-state index in [4.69, 9.17) is 9.47 Å². The third-order valence-corrected chi connectivity index (χ3v) is 2.15. The molecule has 0 fully saturated rings. The van der Waals surface area contributed by atoms with E-state index in [0.717, 1.165) is 19.4 Å². The Kier molecular flexibility index (Phi) is 11.5. The van der Waals surface area contributed by atoms with Gasteiger partial charge in [0.2, 0.25) is 0 Å². The fourth-order valence-corrected chi connectivity index (χ4v) is 1.19. The normalized spacial score (nSPS) is 13.5. The zero-order valence-electron chi connectivity index (χ0n) is 10.5. The Labute approximate surface area is 94.7 Å². The molecule has 0 aliphatic carbocycles. The molecule has 1 atom stereocenters. The number of ether oxygens (including phenoxy) is 2. The van der Waals surface area contributed by atoms with Crippen LogP contribution in [0, 0.1) is 0 Å². The smallest absolute Gasteiger partial charge is 0.155 e. The van der Waals surface area contributed by atoms with Crippen molar-refractivity contribution in [2.75, 3.05) is 13.2 Å². The van der Waals surface area contributed by atoms with Crippen molar-refractivity contribution in [3.63, 3.8) is 0 Å². The van der Waals surface area contributed by atoms with Gasteiger partial charge in [-0.3, -0.25) is 0 Å². The maximum atomic E-state index is 5.49. The first kappa shape index (κ1) is 14.7. The molecule has 0 N–H and O–H groups in total. The molecule has 2 heteroatoms. The molecule has 0 bridgehead atoms. The lowest BCUT2D eigenvalue weighted by Crippen LogP contribution is -2.13. The van der Waals surface area contributed by atoms with Crippen LogP contribution >= 0.6 is 0 Å². The standard InChI is InChI=1S/C13H26O2/c1-4-6-8-10-12-15-13(3)14-11-9-7-5-2/h8,10,13H,4-7,9,11-12H2,1-3H3/b10-8+. The summed E-state index contributed by atoms with van der Waals surface area (Å²) in [6, 6.07) is 0. The van der Waals surface area contributed by atoms with E-state index in [9.17, 15) is 0 Å². The van der Waals surface area contributed by atoms with E-state index >= 15 is 0 Å². The second-order valence-electron chi connectivity index (χ2n) is 3.74. The van der Waals surface area contributed by atoms with E-state index in [2.05, 4.69) is 26.0 Å². The van der Waals surface area contributed by atoms with Crippen LogP contribution in [0.15, 0.2) is 12.2 Å². The van der Waals surface area contributed by atoms with Gasteiger partial charge in [0.1, 0.15) is 0 Å². The van der Waals surface area contributed by atoms with Crippen molar-refractivity contribution in [3.05, 3.63) is 12.2 Å². The van der Waals surface area contributed by atoms with Crippen LogP contribution in [-0.4, -0.2) is 19.5 Å². The third kappa shape index (κ3) is 11.6. The number of hydrogen-bond acceptors (Lipinski definition) is 2. The molecular formula is C13H26O2. The van der Waals surface area contributed by atoms with Crippen LogP contribution < -0.4 is 0 Å². The van der Waals surface area contributed by atoms with Gasteiger partial charge in [-0.1, -0.05) is 45.3 Å². The van der Waals surface area contributed by atoms with E-state index < -0.39 is 0 Å². The van der Waals surface area contributed by atoms with Crippen molar-refractivity contribution < 1.29 is 9.47 Å². The molecule has 90 valence electrons. The molecule has 0 aromatic carbocycles. The maximum Gasteiger partial charge on any atom is 0.155 e. The summed E-state index contributed by atoms with van der Waals surface area (Å²) in [7, 11) is 0. The summed E-state index contributed by atoms with van der Waals surface area (Å²) in [5, 5.41) is 0. The second kappa shape index (κ2) is 11.7. The van der Waals surface area contributed by atoms with E-state index in [0.29, 0.717) is 6.61 Å². The molecule has 0 saturated carbocycles. The zero-order valence-corrected chi connectivity index (χ0v) is 10.5. The van der Waals surface area contributed by atoms with Gasteiger partial charge in [0.05, 0.1) is 6.61 Å². The van der Waals surface area contributed by atoms with E-state index in [1.54, 1.807) is 0 Å². The molecule has 0 aromatic rings. The van der Waals surface area contributed by atoms with Crippen molar-refractivity contribution in [1.82, 2.24) is 0 Å². The molecule has 2 nitrogen and oxygen atoms in total. The monoisotopic (exact) mass is 214 g/mol. The minimum absolute atomic E-state index is 0.0758. The number of hydrogen-bond donors (Lipinski definition) is 0. The summed E-state index contributed by atoms with van der Waals surface area (Å²) in [6.07, 6.45) is 10.1. The molecule has 0 rings (SSSR count). The molecule has 0 amide bonds. The fourth-order valence-electron chi connectivity index (χ4n) is 1.19. The Morgan fingerprint density at radius 3 is 2.47 bits per heavy atom. The predicted octanol–water partition coefficient (Wildman–Crippen LogP) is 3.91. The van der Waals surface area contributed by atoms with Crippen LogP contribution in [0.5, 0.6) is 0 Å². The van der Waals surface area contributed by atoms with Crippen molar-refractivity contribution in [2.45, 2.75) is 59.2 Å². The maximum absolute atomic E-state index is 5.49. The Hall–Kier alpha value is -0.340. The molecule has 0 aromatic heterocycles. The van der Waals surface area contributed by atoms with E-state index in [1.807, 2.05) is 6.92 Å². The Morgan fingerprint density at radius 1 is 1.00 bits per heavy atom. The van der Waals surface area contributed by atoms with Gasteiger partial charge in [-0.25, -0.2) is 0 Å². The SMILES string of the molecule is CCC/C=C/COC(C)OCCCCC. The highest BCUT2D eigenvalue weighted by molar-refractivity contribution is 4.80. The number of rotatable bonds is 10. The summed E-state index contributed by atoms with van der Waals surface area (Å²) < 4.78 is 11.0. The molecule has 0 aliphatic heterocycles. The molecule has 0 aliphatic rings. The number of allylic oxidation sites excluding steroid dienone is 1. The predicted molar refractivity (Wildman–Crippen MR) is 64.9 cm³/mol. The molecule has 15 heavy (non-hydrogen) atoms. The van der Waals surface area contributed by atoms with Crippen LogP contribution in [0.2, 0.25) is 0 Å². The molecule has 1 unspecified atom stereocenters. The fraction of sp³-hybridized carbons (Fsp3) is 0.846. The van der Waals surface area contributed by atoms with Crippen LogP contribution in [0.25, 0.3) is 0 Å². The van der Waals surface area contributed by atoms with Crippen LogP contribution in [0.3, 0.4) is 0 Å².